The van der Waals surface area contributed by atoms with Gasteiger partial charge in [-0.1, -0.05) is 32.4 Å². The molecule has 0 heterocycles. The zero-order valence-corrected chi connectivity index (χ0v) is 12.9. The molecule has 4 nitrogen and oxygen atoms in total. The van der Waals surface area contributed by atoms with Crippen molar-refractivity contribution in [2.24, 2.45) is 5.41 Å². The molecule has 2 atom stereocenters. The van der Waals surface area contributed by atoms with Crippen LogP contribution in [0.5, 0.6) is 0 Å². The van der Waals surface area contributed by atoms with Crippen LogP contribution in [-0.4, -0.2) is 26.2 Å². The highest BCUT2D eigenvalue weighted by Gasteiger charge is 2.40. The van der Waals surface area contributed by atoms with Gasteiger partial charge in [-0.05, 0) is 37.0 Å². The number of hydrogen-bond donors (Lipinski definition) is 2. The number of aliphatic hydroxyl groups excluding tert-OH is 1. The van der Waals surface area contributed by atoms with Crippen LogP contribution in [-0.2, 0) is 16.4 Å². The minimum absolute atomic E-state index is 0.00889. The van der Waals surface area contributed by atoms with Gasteiger partial charge in [0, 0.05) is 18.1 Å². The third-order valence-corrected chi connectivity index (χ3v) is 5.87. The third-order valence-electron chi connectivity index (χ3n) is 4.38. The van der Waals surface area contributed by atoms with Crippen molar-refractivity contribution >= 4 is 10.0 Å². The van der Waals surface area contributed by atoms with E-state index >= 15 is 0 Å². The molecule has 0 saturated heterocycles. The minimum Gasteiger partial charge on any atom is -0.396 e. The molecule has 20 heavy (non-hydrogen) atoms. The molecular formula is C15H23NO3S. The van der Waals surface area contributed by atoms with E-state index < -0.39 is 10.0 Å². The number of aryl methyl sites for hydroxylation is 1. The molecule has 0 aliphatic heterocycles. The summed E-state index contributed by atoms with van der Waals surface area (Å²) in [5, 5.41) is 9.50. The number of hydrogen-bond acceptors (Lipinski definition) is 3. The third kappa shape index (κ3) is 3.05. The largest absolute Gasteiger partial charge is 0.396 e. The number of rotatable bonds is 5. The highest BCUT2D eigenvalue weighted by Crippen LogP contribution is 2.38. The van der Waals surface area contributed by atoms with Gasteiger partial charge in [0.2, 0.25) is 10.0 Å². The summed E-state index contributed by atoms with van der Waals surface area (Å²) in [6.07, 6.45) is 3.47. The summed E-state index contributed by atoms with van der Waals surface area (Å²) >= 11 is 0. The predicted octanol–water partition coefficient (Wildman–Crippen LogP) is 2.08. The van der Waals surface area contributed by atoms with Gasteiger partial charge in [-0.25, -0.2) is 13.1 Å². The Morgan fingerprint density at radius 2 is 2.00 bits per heavy atom. The van der Waals surface area contributed by atoms with Crippen molar-refractivity contribution in [2.75, 3.05) is 6.61 Å². The summed E-state index contributed by atoms with van der Waals surface area (Å²) in [5.74, 6) is 0. The average molecular weight is 297 g/mol. The summed E-state index contributed by atoms with van der Waals surface area (Å²) in [4.78, 5) is 0.293. The molecule has 1 aliphatic rings. The van der Waals surface area contributed by atoms with E-state index in [2.05, 4.69) is 4.72 Å². The predicted molar refractivity (Wildman–Crippen MR) is 79.0 cm³/mol. The van der Waals surface area contributed by atoms with Crippen LogP contribution in [0.25, 0.3) is 0 Å². The van der Waals surface area contributed by atoms with Crippen molar-refractivity contribution in [3.8, 4) is 0 Å². The molecule has 2 N–H and O–H groups in total. The number of sulfonamides is 1. The Morgan fingerprint density at radius 1 is 1.35 bits per heavy atom. The molecule has 112 valence electrons. The Kier molecular flexibility index (Phi) is 4.52. The molecule has 2 unspecified atom stereocenters. The molecule has 0 aromatic heterocycles. The second-order valence-corrected chi connectivity index (χ2v) is 7.59. The van der Waals surface area contributed by atoms with Crippen LogP contribution >= 0.6 is 0 Å². The van der Waals surface area contributed by atoms with E-state index in [1.165, 1.54) is 0 Å². The Labute approximate surface area is 121 Å². The Bertz CT molecular complexity index is 553. The normalized spacial score (nSPS) is 26.9. The summed E-state index contributed by atoms with van der Waals surface area (Å²) < 4.78 is 27.6. The average Bonchev–Trinajstić information content (AvgIpc) is 2.80. The lowest BCUT2D eigenvalue weighted by Gasteiger charge is -2.29. The molecule has 5 heteroatoms. The van der Waals surface area contributed by atoms with Crippen molar-refractivity contribution in [3.05, 3.63) is 29.8 Å². The summed E-state index contributed by atoms with van der Waals surface area (Å²) in [6.45, 7) is 3.98. The Balaban J connectivity index is 2.18. The molecule has 0 amide bonds. The van der Waals surface area contributed by atoms with Gasteiger partial charge < -0.3 is 5.11 Å². The minimum atomic E-state index is -3.51. The molecule has 1 aromatic rings. The second-order valence-electron chi connectivity index (χ2n) is 5.88. The molecule has 2 rings (SSSR count). The molecule has 1 saturated carbocycles. The van der Waals surface area contributed by atoms with Crippen LogP contribution in [0.3, 0.4) is 0 Å². The summed E-state index contributed by atoms with van der Waals surface area (Å²) in [5.41, 5.74) is 0.765. The van der Waals surface area contributed by atoms with Crippen LogP contribution in [0.1, 0.15) is 38.7 Å². The van der Waals surface area contributed by atoms with E-state index in [9.17, 15) is 13.5 Å². The molecule has 1 aromatic carbocycles. The first-order valence-electron chi connectivity index (χ1n) is 7.13. The fourth-order valence-electron chi connectivity index (χ4n) is 2.78. The Morgan fingerprint density at radius 3 is 2.55 bits per heavy atom. The number of aliphatic hydroxyl groups is 1. The summed E-state index contributed by atoms with van der Waals surface area (Å²) in [6, 6.07) is 6.78. The topological polar surface area (TPSA) is 66.4 Å². The van der Waals surface area contributed by atoms with Crippen LogP contribution in [0, 0.1) is 5.41 Å². The molecular weight excluding hydrogens is 274 g/mol. The van der Waals surface area contributed by atoms with Crippen LogP contribution in [0.4, 0.5) is 0 Å². The molecule has 1 aliphatic carbocycles. The lowest BCUT2D eigenvalue weighted by atomic mass is 9.86. The highest BCUT2D eigenvalue weighted by molar-refractivity contribution is 7.89. The van der Waals surface area contributed by atoms with Crippen molar-refractivity contribution < 1.29 is 13.5 Å². The Hall–Kier alpha value is -0.910. The smallest absolute Gasteiger partial charge is 0.240 e. The quantitative estimate of drug-likeness (QED) is 0.874. The number of benzene rings is 1. The lowest BCUT2D eigenvalue weighted by Crippen LogP contribution is -2.44. The second kappa shape index (κ2) is 5.84. The molecule has 0 bridgehead atoms. The van der Waals surface area contributed by atoms with Gasteiger partial charge >= 0.3 is 0 Å². The van der Waals surface area contributed by atoms with Gasteiger partial charge in [-0.2, -0.15) is 0 Å². The van der Waals surface area contributed by atoms with Crippen LogP contribution in [0.2, 0.25) is 0 Å². The van der Waals surface area contributed by atoms with Gasteiger partial charge in [-0.3, -0.25) is 0 Å². The SMILES string of the molecule is CCc1ccc(S(=O)(=O)NC2CCCC2(C)CO)cc1. The summed E-state index contributed by atoms with van der Waals surface area (Å²) in [7, 11) is -3.51. The monoisotopic (exact) mass is 297 g/mol. The maximum atomic E-state index is 12.4. The fourth-order valence-corrected chi connectivity index (χ4v) is 4.19. The van der Waals surface area contributed by atoms with Crippen molar-refractivity contribution in [1.82, 2.24) is 4.72 Å². The van der Waals surface area contributed by atoms with Gasteiger partial charge in [0.05, 0.1) is 4.90 Å². The lowest BCUT2D eigenvalue weighted by molar-refractivity contribution is 0.127. The van der Waals surface area contributed by atoms with E-state index in [0.717, 1.165) is 31.2 Å². The van der Waals surface area contributed by atoms with Crippen molar-refractivity contribution in [3.63, 3.8) is 0 Å². The number of nitrogens with one attached hydrogen (secondary N) is 1. The maximum Gasteiger partial charge on any atom is 0.240 e. The van der Waals surface area contributed by atoms with E-state index in [1.807, 2.05) is 26.0 Å². The van der Waals surface area contributed by atoms with Gasteiger partial charge in [0.1, 0.15) is 0 Å². The molecule has 0 spiro atoms. The first-order valence-corrected chi connectivity index (χ1v) is 8.62. The van der Waals surface area contributed by atoms with E-state index in [1.54, 1.807) is 12.1 Å². The first kappa shape index (κ1) is 15.5. The zero-order chi connectivity index (χ0) is 14.8. The van der Waals surface area contributed by atoms with Gasteiger partial charge in [-0.15, -0.1) is 0 Å². The van der Waals surface area contributed by atoms with Crippen molar-refractivity contribution in [1.29, 1.82) is 0 Å². The van der Waals surface area contributed by atoms with E-state index in [-0.39, 0.29) is 18.1 Å². The van der Waals surface area contributed by atoms with Crippen LogP contribution in [0.15, 0.2) is 29.2 Å². The first-order chi connectivity index (χ1) is 9.41. The zero-order valence-electron chi connectivity index (χ0n) is 12.1. The van der Waals surface area contributed by atoms with E-state index in [0.29, 0.717) is 4.90 Å². The fraction of sp³-hybridized carbons (Fsp3) is 0.600. The van der Waals surface area contributed by atoms with Gasteiger partial charge in [0.15, 0.2) is 0 Å². The molecule has 1 fully saturated rings. The van der Waals surface area contributed by atoms with Crippen LogP contribution < -0.4 is 4.72 Å². The van der Waals surface area contributed by atoms with Gasteiger partial charge in [0.25, 0.3) is 0 Å². The molecule has 0 radical (unpaired) electrons. The highest BCUT2D eigenvalue weighted by atomic mass is 32.2. The van der Waals surface area contributed by atoms with E-state index in [4.69, 9.17) is 0 Å². The van der Waals surface area contributed by atoms with Crippen molar-refractivity contribution in [2.45, 2.75) is 50.5 Å². The standard InChI is InChI=1S/C15H23NO3S/c1-3-12-6-8-13(9-7-12)20(18,19)16-14-5-4-10-15(14,2)11-17/h6-9,14,16-17H,3-5,10-11H2,1-2H3. The maximum absolute atomic E-state index is 12.4.